The number of aromatic nitrogens is 2. The molecule has 0 radical (unpaired) electrons. The van der Waals surface area contributed by atoms with E-state index >= 15 is 0 Å². The van der Waals surface area contributed by atoms with Crippen LogP contribution < -0.4 is 11.1 Å². The largest absolute Gasteiger partial charge is 0.364 e. The number of hydrogen-bond donors (Lipinski definition) is 3. The minimum atomic E-state index is -0.531. The number of primary amides is 1. The molecule has 0 aromatic carbocycles. The van der Waals surface area contributed by atoms with Gasteiger partial charge in [-0.15, -0.1) is 0 Å². The average Bonchev–Trinajstić information content (AvgIpc) is 3.18. The summed E-state index contributed by atoms with van der Waals surface area (Å²) in [5.41, 5.74) is 6.37. The quantitative estimate of drug-likeness (QED) is 0.727. The Bertz CT molecular complexity index is 535. The van der Waals surface area contributed by atoms with Crippen molar-refractivity contribution in [2.45, 2.75) is 37.6 Å². The minimum Gasteiger partial charge on any atom is -0.364 e. The highest BCUT2D eigenvalue weighted by Crippen LogP contribution is 2.26. The fourth-order valence-corrected chi connectivity index (χ4v) is 3.22. The minimum absolute atomic E-state index is 0.0216. The molecule has 0 aliphatic carbocycles. The molecule has 2 unspecified atom stereocenters. The Kier molecular flexibility index (Phi) is 3.92. The van der Waals surface area contributed by atoms with Crippen LogP contribution in [0.2, 0.25) is 0 Å². The second-order valence-electron chi connectivity index (χ2n) is 5.85. The summed E-state index contributed by atoms with van der Waals surface area (Å²) >= 11 is 0. The molecule has 114 valence electrons. The van der Waals surface area contributed by atoms with Gasteiger partial charge in [0, 0.05) is 24.7 Å². The Labute approximate surface area is 123 Å². The summed E-state index contributed by atoms with van der Waals surface area (Å²) in [6, 6.07) is 1.68. The van der Waals surface area contributed by atoms with Crippen LogP contribution in [0.4, 0.5) is 0 Å². The van der Waals surface area contributed by atoms with Crippen LogP contribution >= 0.6 is 0 Å². The van der Waals surface area contributed by atoms with Gasteiger partial charge in [0.2, 0.25) is 5.91 Å². The molecule has 3 heterocycles. The lowest BCUT2D eigenvalue weighted by Crippen LogP contribution is -2.47. The number of nitrogens with one attached hydrogen (secondary N) is 2. The monoisotopic (exact) mass is 291 g/mol. The number of H-pyrrole nitrogens is 1. The van der Waals surface area contributed by atoms with Crippen molar-refractivity contribution >= 4 is 11.8 Å². The van der Waals surface area contributed by atoms with Crippen molar-refractivity contribution in [3.63, 3.8) is 0 Å². The van der Waals surface area contributed by atoms with E-state index in [1.807, 2.05) is 4.90 Å². The number of rotatable bonds is 3. The summed E-state index contributed by atoms with van der Waals surface area (Å²) < 4.78 is 0. The molecule has 0 spiro atoms. The molecular weight excluding hydrogens is 270 g/mol. The van der Waals surface area contributed by atoms with Crippen LogP contribution in [-0.2, 0) is 4.79 Å². The number of piperidine rings is 1. The van der Waals surface area contributed by atoms with Crippen molar-refractivity contribution in [1.29, 1.82) is 0 Å². The zero-order valence-corrected chi connectivity index (χ0v) is 12.0. The van der Waals surface area contributed by atoms with Gasteiger partial charge < -0.3 is 16.0 Å². The number of hydrogen-bond acceptors (Lipinski definition) is 4. The van der Waals surface area contributed by atoms with E-state index < -0.39 is 5.91 Å². The van der Waals surface area contributed by atoms with Crippen molar-refractivity contribution in [3.8, 4) is 0 Å². The lowest BCUT2D eigenvalue weighted by molar-refractivity contribution is -0.134. The molecule has 1 aromatic heterocycles. The third-order valence-electron chi connectivity index (χ3n) is 4.38. The van der Waals surface area contributed by atoms with Crippen LogP contribution in [0.3, 0.4) is 0 Å². The Balaban J connectivity index is 1.67. The molecule has 7 nitrogen and oxygen atoms in total. The van der Waals surface area contributed by atoms with Gasteiger partial charge in [0.25, 0.3) is 5.91 Å². The van der Waals surface area contributed by atoms with Gasteiger partial charge >= 0.3 is 0 Å². The smallest absolute Gasteiger partial charge is 0.269 e. The van der Waals surface area contributed by atoms with Gasteiger partial charge in [-0.05, 0) is 38.3 Å². The van der Waals surface area contributed by atoms with Crippen LogP contribution in [0.15, 0.2) is 6.07 Å². The molecule has 0 saturated carbocycles. The first-order chi connectivity index (χ1) is 10.1. The van der Waals surface area contributed by atoms with Gasteiger partial charge in [0.05, 0.1) is 6.04 Å². The highest BCUT2D eigenvalue weighted by molar-refractivity contribution is 5.90. The van der Waals surface area contributed by atoms with E-state index in [1.165, 1.54) is 0 Å². The van der Waals surface area contributed by atoms with Crippen molar-refractivity contribution in [3.05, 3.63) is 17.5 Å². The Morgan fingerprint density at radius 1 is 1.33 bits per heavy atom. The molecule has 0 bridgehead atoms. The lowest BCUT2D eigenvalue weighted by Gasteiger charge is -2.33. The first-order valence-corrected chi connectivity index (χ1v) is 7.52. The van der Waals surface area contributed by atoms with Gasteiger partial charge in [-0.3, -0.25) is 14.7 Å². The number of nitrogens with two attached hydrogens (primary N) is 1. The maximum absolute atomic E-state index is 12.5. The average molecular weight is 291 g/mol. The molecule has 4 N–H and O–H groups in total. The molecule has 2 saturated heterocycles. The predicted molar refractivity (Wildman–Crippen MR) is 76.7 cm³/mol. The van der Waals surface area contributed by atoms with Crippen molar-refractivity contribution in [2.24, 2.45) is 5.73 Å². The zero-order chi connectivity index (χ0) is 14.8. The summed E-state index contributed by atoms with van der Waals surface area (Å²) in [4.78, 5) is 25.5. The van der Waals surface area contributed by atoms with Crippen molar-refractivity contribution < 1.29 is 9.59 Å². The summed E-state index contributed by atoms with van der Waals surface area (Å²) in [6.45, 7) is 2.41. The molecule has 7 heteroatoms. The van der Waals surface area contributed by atoms with Gasteiger partial charge in [0.1, 0.15) is 5.69 Å². The number of carbonyl (C=O) groups is 2. The first-order valence-electron chi connectivity index (χ1n) is 7.52. The maximum Gasteiger partial charge on any atom is 0.269 e. The topological polar surface area (TPSA) is 104 Å². The number of carbonyl (C=O) groups excluding carboxylic acids is 2. The molecule has 2 amide bonds. The van der Waals surface area contributed by atoms with Crippen LogP contribution in [0.25, 0.3) is 0 Å². The molecular formula is C14H21N5O2. The Morgan fingerprint density at radius 2 is 2.19 bits per heavy atom. The maximum atomic E-state index is 12.5. The van der Waals surface area contributed by atoms with Crippen LogP contribution in [0.1, 0.15) is 47.8 Å². The molecule has 2 aliphatic heterocycles. The SMILES string of the molecule is NC(=O)c1cc(C2CCCN(C(=O)C3CCCN3)C2)[nH]n1. The van der Waals surface area contributed by atoms with Crippen molar-refractivity contribution in [2.75, 3.05) is 19.6 Å². The molecule has 1 aromatic rings. The zero-order valence-electron chi connectivity index (χ0n) is 12.0. The fraction of sp³-hybridized carbons (Fsp3) is 0.643. The van der Waals surface area contributed by atoms with E-state index in [4.69, 9.17) is 5.73 Å². The van der Waals surface area contributed by atoms with Crippen LogP contribution in [0, 0.1) is 0 Å². The van der Waals surface area contributed by atoms with E-state index in [0.29, 0.717) is 6.54 Å². The molecule has 2 atom stereocenters. The third kappa shape index (κ3) is 2.92. The van der Waals surface area contributed by atoms with Gasteiger partial charge in [-0.2, -0.15) is 5.10 Å². The van der Waals surface area contributed by atoms with E-state index in [-0.39, 0.29) is 23.6 Å². The van der Waals surface area contributed by atoms with Gasteiger partial charge in [-0.25, -0.2) is 0 Å². The van der Waals surface area contributed by atoms with Gasteiger partial charge in [-0.1, -0.05) is 0 Å². The van der Waals surface area contributed by atoms with Crippen LogP contribution in [0.5, 0.6) is 0 Å². The highest BCUT2D eigenvalue weighted by Gasteiger charge is 2.31. The number of nitrogens with zero attached hydrogens (tertiary/aromatic N) is 2. The summed E-state index contributed by atoms with van der Waals surface area (Å²) in [5, 5.41) is 10.1. The third-order valence-corrected chi connectivity index (χ3v) is 4.38. The fourth-order valence-electron chi connectivity index (χ4n) is 3.22. The second-order valence-corrected chi connectivity index (χ2v) is 5.85. The molecule has 2 fully saturated rings. The normalized spacial score (nSPS) is 26.0. The molecule has 21 heavy (non-hydrogen) atoms. The standard InChI is InChI=1S/C14H21N5O2/c15-13(20)12-7-11(17-18-12)9-3-2-6-19(8-9)14(21)10-4-1-5-16-10/h7,9-10,16H,1-6,8H2,(H2,15,20)(H,17,18). The van der Waals surface area contributed by atoms with E-state index in [0.717, 1.165) is 44.5 Å². The van der Waals surface area contributed by atoms with E-state index in [2.05, 4.69) is 15.5 Å². The summed E-state index contributed by atoms with van der Waals surface area (Å²) in [5.74, 6) is -0.132. The number of amides is 2. The summed E-state index contributed by atoms with van der Waals surface area (Å²) in [7, 11) is 0. The number of aromatic amines is 1. The Morgan fingerprint density at radius 3 is 2.86 bits per heavy atom. The molecule has 3 rings (SSSR count). The molecule has 2 aliphatic rings. The highest BCUT2D eigenvalue weighted by atomic mass is 16.2. The lowest BCUT2D eigenvalue weighted by atomic mass is 9.94. The van der Waals surface area contributed by atoms with Crippen LogP contribution in [-0.4, -0.2) is 52.6 Å². The van der Waals surface area contributed by atoms with Crippen molar-refractivity contribution in [1.82, 2.24) is 20.4 Å². The second kappa shape index (κ2) is 5.85. The first kappa shape index (κ1) is 14.1. The summed E-state index contributed by atoms with van der Waals surface area (Å²) in [6.07, 6.45) is 3.95. The van der Waals surface area contributed by atoms with Gasteiger partial charge in [0.15, 0.2) is 0 Å². The predicted octanol–water partition coefficient (Wildman–Crippen LogP) is -0.0334. The van der Waals surface area contributed by atoms with E-state index in [9.17, 15) is 9.59 Å². The van der Waals surface area contributed by atoms with E-state index in [1.54, 1.807) is 6.07 Å². The number of likely N-dealkylation sites (tertiary alicyclic amines) is 1. The Hall–Kier alpha value is -1.89.